The van der Waals surface area contributed by atoms with E-state index in [0.29, 0.717) is 23.9 Å². The fourth-order valence-electron chi connectivity index (χ4n) is 2.16. The molecule has 1 fully saturated rings. The molecule has 1 aromatic rings. The average Bonchev–Trinajstić information content (AvgIpc) is 2.42. The smallest absolute Gasteiger partial charge is 0.248 e. The molecule has 1 aromatic carbocycles. The lowest BCUT2D eigenvalue weighted by atomic mass is 10.1. The molecule has 1 aliphatic heterocycles. The van der Waals surface area contributed by atoms with E-state index in [2.05, 4.69) is 0 Å². The molecule has 5 heteroatoms. The first-order valence-electron chi connectivity index (χ1n) is 6.38. The number of hydrogen-bond acceptors (Lipinski definition) is 3. The van der Waals surface area contributed by atoms with E-state index in [1.165, 1.54) is 7.11 Å². The number of para-hydroxylation sites is 1. The predicted molar refractivity (Wildman–Crippen MR) is 73.6 cm³/mol. The molecule has 1 heterocycles. The van der Waals surface area contributed by atoms with Crippen LogP contribution in [-0.2, 0) is 9.53 Å². The van der Waals surface area contributed by atoms with Crippen molar-refractivity contribution in [2.24, 2.45) is 0 Å². The Labute approximate surface area is 118 Å². The molecule has 0 spiro atoms. The van der Waals surface area contributed by atoms with E-state index in [1.54, 1.807) is 0 Å². The summed E-state index contributed by atoms with van der Waals surface area (Å²) < 4.78 is 10.7. The first-order chi connectivity index (χ1) is 9.20. The highest BCUT2D eigenvalue weighted by atomic mass is 35.5. The van der Waals surface area contributed by atoms with Gasteiger partial charge in [0.15, 0.2) is 0 Å². The highest BCUT2D eigenvalue weighted by Gasteiger charge is 2.24. The van der Waals surface area contributed by atoms with E-state index in [-0.39, 0.29) is 18.6 Å². The average molecular weight is 284 g/mol. The van der Waals surface area contributed by atoms with Gasteiger partial charge in [0.2, 0.25) is 5.91 Å². The maximum atomic E-state index is 11.7. The van der Waals surface area contributed by atoms with Crippen LogP contribution in [0.1, 0.15) is 12.8 Å². The molecule has 0 N–H and O–H groups in total. The molecule has 4 nitrogen and oxygen atoms in total. The second-order valence-electron chi connectivity index (χ2n) is 4.56. The molecule has 0 atom stereocenters. The standard InChI is InChI=1S/C14H18ClNO3/c1-18-10-14(17)16-8-6-11(7-9-16)19-13-5-3-2-4-12(13)15/h2-5,11H,6-10H2,1H3. The van der Waals surface area contributed by atoms with Crippen molar-refractivity contribution in [1.29, 1.82) is 0 Å². The molecular weight excluding hydrogens is 266 g/mol. The summed E-state index contributed by atoms with van der Waals surface area (Å²) in [7, 11) is 1.53. The quantitative estimate of drug-likeness (QED) is 0.851. The molecule has 0 bridgehead atoms. The Morgan fingerprint density at radius 2 is 2.05 bits per heavy atom. The number of rotatable bonds is 4. The van der Waals surface area contributed by atoms with E-state index in [9.17, 15) is 4.79 Å². The van der Waals surface area contributed by atoms with Crippen molar-refractivity contribution in [3.8, 4) is 5.75 Å². The van der Waals surface area contributed by atoms with Gasteiger partial charge in [-0.15, -0.1) is 0 Å². The van der Waals surface area contributed by atoms with Gasteiger partial charge < -0.3 is 14.4 Å². The molecule has 0 saturated carbocycles. The molecule has 0 radical (unpaired) electrons. The molecule has 1 aliphatic rings. The SMILES string of the molecule is COCC(=O)N1CCC(Oc2ccccc2Cl)CC1. The number of carbonyl (C=O) groups is 1. The van der Waals surface area contributed by atoms with Crippen molar-refractivity contribution in [3.05, 3.63) is 29.3 Å². The molecule has 19 heavy (non-hydrogen) atoms. The lowest BCUT2D eigenvalue weighted by Gasteiger charge is -2.32. The minimum Gasteiger partial charge on any atom is -0.489 e. The van der Waals surface area contributed by atoms with E-state index in [1.807, 2.05) is 29.2 Å². The molecule has 0 aromatic heterocycles. The van der Waals surface area contributed by atoms with Gasteiger partial charge in [0.25, 0.3) is 0 Å². The normalized spacial score (nSPS) is 16.4. The molecule has 0 aliphatic carbocycles. The third kappa shape index (κ3) is 3.85. The van der Waals surface area contributed by atoms with Crippen LogP contribution in [0.15, 0.2) is 24.3 Å². The van der Waals surface area contributed by atoms with Crippen LogP contribution in [-0.4, -0.2) is 43.7 Å². The van der Waals surface area contributed by atoms with Gasteiger partial charge in [-0.05, 0) is 12.1 Å². The molecule has 2 rings (SSSR count). The Hall–Kier alpha value is -1.26. The van der Waals surface area contributed by atoms with E-state index < -0.39 is 0 Å². The highest BCUT2D eigenvalue weighted by Crippen LogP contribution is 2.26. The number of piperidine rings is 1. The van der Waals surface area contributed by atoms with Gasteiger partial charge in [-0.1, -0.05) is 23.7 Å². The van der Waals surface area contributed by atoms with Crippen molar-refractivity contribution in [1.82, 2.24) is 4.90 Å². The Bertz CT molecular complexity index is 430. The number of benzene rings is 1. The van der Waals surface area contributed by atoms with Crippen LogP contribution in [0.5, 0.6) is 5.75 Å². The summed E-state index contributed by atoms with van der Waals surface area (Å²) in [6.45, 7) is 1.56. The number of nitrogens with zero attached hydrogens (tertiary/aromatic N) is 1. The van der Waals surface area contributed by atoms with Gasteiger partial charge in [0.1, 0.15) is 18.5 Å². The van der Waals surface area contributed by atoms with E-state index >= 15 is 0 Å². The van der Waals surface area contributed by atoms with Crippen molar-refractivity contribution in [3.63, 3.8) is 0 Å². The lowest BCUT2D eigenvalue weighted by molar-refractivity contribution is -0.136. The zero-order valence-electron chi connectivity index (χ0n) is 11.0. The fourth-order valence-corrected chi connectivity index (χ4v) is 2.34. The Balaban J connectivity index is 1.84. The molecular formula is C14H18ClNO3. The van der Waals surface area contributed by atoms with Crippen molar-refractivity contribution in [2.45, 2.75) is 18.9 Å². The van der Waals surface area contributed by atoms with Gasteiger partial charge in [-0.3, -0.25) is 4.79 Å². The van der Waals surface area contributed by atoms with Gasteiger partial charge in [0, 0.05) is 33.0 Å². The second-order valence-corrected chi connectivity index (χ2v) is 4.97. The molecule has 1 saturated heterocycles. The second kappa shape index (κ2) is 6.78. The summed E-state index contributed by atoms with van der Waals surface area (Å²) >= 11 is 6.06. The van der Waals surface area contributed by atoms with Crippen LogP contribution in [0.25, 0.3) is 0 Å². The van der Waals surface area contributed by atoms with Crippen molar-refractivity contribution >= 4 is 17.5 Å². The van der Waals surface area contributed by atoms with Gasteiger partial charge >= 0.3 is 0 Å². The highest BCUT2D eigenvalue weighted by molar-refractivity contribution is 6.32. The van der Waals surface area contributed by atoms with Crippen molar-refractivity contribution in [2.75, 3.05) is 26.8 Å². The maximum absolute atomic E-state index is 11.7. The zero-order chi connectivity index (χ0) is 13.7. The summed E-state index contributed by atoms with van der Waals surface area (Å²) in [5.41, 5.74) is 0. The number of hydrogen-bond donors (Lipinski definition) is 0. The lowest BCUT2D eigenvalue weighted by Crippen LogP contribution is -2.43. The minimum absolute atomic E-state index is 0.0405. The van der Waals surface area contributed by atoms with Crippen LogP contribution in [0.2, 0.25) is 5.02 Å². The summed E-state index contributed by atoms with van der Waals surface area (Å²) in [6, 6.07) is 7.46. The van der Waals surface area contributed by atoms with Crippen LogP contribution in [0, 0.1) is 0 Å². The topological polar surface area (TPSA) is 38.8 Å². The summed E-state index contributed by atoms with van der Waals surface area (Å²) in [5, 5.41) is 0.625. The predicted octanol–water partition coefficient (Wildman–Crippen LogP) is 2.36. The van der Waals surface area contributed by atoms with Crippen LogP contribution < -0.4 is 4.74 Å². The summed E-state index contributed by atoms with van der Waals surface area (Å²) in [4.78, 5) is 13.5. The molecule has 104 valence electrons. The van der Waals surface area contributed by atoms with Crippen LogP contribution >= 0.6 is 11.6 Å². The Kier molecular flexibility index (Phi) is 5.05. The first-order valence-corrected chi connectivity index (χ1v) is 6.76. The maximum Gasteiger partial charge on any atom is 0.248 e. The van der Waals surface area contributed by atoms with E-state index in [0.717, 1.165) is 12.8 Å². The number of halogens is 1. The number of carbonyl (C=O) groups excluding carboxylic acids is 1. The third-order valence-corrected chi connectivity index (χ3v) is 3.51. The number of likely N-dealkylation sites (tertiary alicyclic amines) is 1. The number of ether oxygens (including phenoxy) is 2. The Morgan fingerprint density at radius 3 is 2.68 bits per heavy atom. The summed E-state index contributed by atoms with van der Waals surface area (Å²) in [6.07, 6.45) is 1.76. The first kappa shape index (κ1) is 14.2. The monoisotopic (exact) mass is 283 g/mol. The summed E-state index contributed by atoms with van der Waals surface area (Å²) in [5.74, 6) is 0.754. The van der Waals surface area contributed by atoms with Crippen LogP contribution in [0.3, 0.4) is 0 Å². The fraction of sp³-hybridized carbons (Fsp3) is 0.500. The van der Waals surface area contributed by atoms with E-state index in [4.69, 9.17) is 21.1 Å². The Morgan fingerprint density at radius 1 is 1.37 bits per heavy atom. The van der Waals surface area contributed by atoms with Gasteiger partial charge in [-0.25, -0.2) is 0 Å². The third-order valence-electron chi connectivity index (χ3n) is 3.19. The van der Waals surface area contributed by atoms with Gasteiger partial charge in [-0.2, -0.15) is 0 Å². The number of amides is 1. The largest absolute Gasteiger partial charge is 0.489 e. The minimum atomic E-state index is 0.0405. The van der Waals surface area contributed by atoms with Crippen molar-refractivity contribution < 1.29 is 14.3 Å². The molecule has 0 unspecified atom stereocenters. The van der Waals surface area contributed by atoms with Gasteiger partial charge in [0.05, 0.1) is 5.02 Å². The zero-order valence-corrected chi connectivity index (χ0v) is 11.7. The number of methoxy groups -OCH3 is 1. The molecule has 1 amide bonds. The van der Waals surface area contributed by atoms with Crippen LogP contribution in [0.4, 0.5) is 0 Å².